The number of ether oxygens (including phenoxy) is 1. The van der Waals surface area contributed by atoms with Crippen molar-refractivity contribution in [3.05, 3.63) is 35.4 Å². The Labute approximate surface area is 204 Å². The van der Waals surface area contributed by atoms with Crippen LogP contribution in [0.2, 0.25) is 0 Å². The maximum atomic E-state index is 12.5. The van der Waals surface area contributed by atoms with E-state index in [-0.39, 0.29) is 29.9 Å². The van der Waals surface area contributed by atoms with E-state index >= 15 is 0 Å². The second kappa shape index (κ2) is 14.7. The van der Waals surface area contributed by atoms with Crippen LogP contribution in [0.25, 0.3) is 0 Å². The molecular weight excluding hydrogens is 503 g/mol. The molecule has 0 bridgehead atoms. The molecule has 1 fully saturated rings. The Kier molecular flexibility index (Phi) is 12.3. The molecule has 0 radical (unpaired) electrons. The predicted molar refractivity (Wildman–Crippen MR) is 137 cm³/mol. The summed E-state index contributed by atoms with van der Waals surface area (Å²) in [4.78, 5) is 18.8. The highest BCUT2D eigenvalue weighted by molar-refractivity contribution is 14.0. The molecule has 6 nitrogen and oxygen atoms in total. The molecule has 0 atom stereocenters. The van der Waals surface area contributed by atoms with Crippen molar-refractivity contribution in [3.8, 4) is 0 Å². The van der Waals surface area contributed by atoms with E-state index in [0.717, 1.165) is 58.0 Å². The van der Waals surface area contributed by atoms with Crippen LogP contribution in [0.4, 0.5) is 0 Å². The number of guanidine groups is 1. The van der Waals surface area contributed by atoms with E-state index in [1.54, 1.807) is 7.05 Å². The number of amides is 1. The van der Waals surface area contributed by atoms with Gasteiger partial charge in [-0.3, -0.25) is 9.79 Å². The Hall–Kier alpha value is -1.35. The molecule has 0 saturated heterocycles. The number of carbonyl (C=O) groups excluding carboxylic acids is 1. The largest absolute Gasteiger partial charge is 0.378 e. The van der Waals surface area contributed by atoms with Gasteiger partial charge >= 0.3 is 0 Å². The van der Waals surface area contributed by atoms with E-state index in [1.807, 2.05) is 4.90 Å². The van der Waals surface area contributed by atoms with Gasteiger partial charge in [0.25, 0.3) is 0 Å². The van der Waals surface area contributed by atoms with Crippen LogP contribution < -0.4 is 10.6 Å². The first-order valence-corrected chi connectivity index (χ1v) is 11.7. The van der Waals surface area contributed by atoms with Crippen molar-refractivity contribution < 1.29 is 9.53 Å². The Balaban J connectivity index is 0.00000341. The highest BCUT2D eigenvalue weighted by atomic mass is 127. The summed E-state index contributed by atoms with van der Waals surface area (Å²) in [7, 11) is 1.78. The number of hydrogen-bond donors (Lipinski definition) is 2. The molecule has 31 heavy (non-hydrogen) atoms. The van der Waals surface area contributed by atoms with Gasteiger partial charge in [0.05, 0.1) is 6.10 Å². The third kappa shape index (κ3) is 8.96. The molecule has 1 aromatic carbocycles. The molecule has 1 aliphatic heterocycles. The van der Waals surface area contributed by atoms with Gasteiger partial charge in [0.2, 0.25) is 5.91 Å². The van der Waals surface area contributed by atoms with Crippen LogP contribution in [-0.4, -0.2) is 56.2 Å². The lowest BCUT2D eigenvalue weighted by molar-refractivity contribution is -0.132. The molecule has 1 aromatic rings. The standard InChI is InChI=1S/C24H38N4O2.HI/c1-25-24(27-16-8-18-30-22-11-3-2-4-12-22)26-15-7-13-23(29)28-17-14-20-9-5-6-10-21(20)19-28;/h5-6,9-10,22H,2-4,7-8,11-19H2,1H3,(H2,25,26,27);1H. The fourth-order valence-electron chi connectivity index (χ4n) is 4.29. The van der Waals surface area contributed by atoms with E-state index in [2.05, 4.69) is 39.9 Å². The highest BCUT2D eigenvalue weighted by Gasteiger charge is 2.19. The molecule has 1 heterocycles. The summed E-state index contributed by atoms with van der Waals surface area (Å²) < 4.78 is 5.96. The van der Waals surface area contributed by atoms with Gasteiger partial charge in [-0.1, -0.05) is 43.5 Å². The molecule has 2 aliphatic rings. The van der Waals surface area contributed by atoms with Crippen molar-refractivity contribution in [3.63, 3.8) is 0 Å². The number of halogens is 1. The monoisotopic (exact) mass is 542 g/mol. The van der Waals surface area contributed by atoms with Gasteiger partial charge in [0.1, 0.15) is 0 Å². The zero-order chi connectivity index (χ0) is 21.0. The first-order chi connectivity index (χ1) is 14.8. The summed E-state index contributed by atoms with van der Waals surface area (Å²) in [5, 5.41) is 6.64. The van der Waals surface area contributed by atoms with Crippen LogP contribution in [0.3, 0.4) is 0 Å². The van der Waals surface area contributed by atoms with Gasteiger partial charge in [-0.05, 0) is 43.2 Å². The first-order valence-electron chi connectivity index (χ1n) is 11.7. The Morgan fingerprint density at radius 1 is 1.10 bits per heavy atom. The molecule has 0 spiro atoms. The van der Waals surface area contributed by atoms with Gasteiger partial charge in [-0.2, -0.15) is 0 Å². The van der Waals surface area contributed by atoms with Crippen molar-refractivity contribution in [1.82, 2.24) is 15.5 Å². The molecular formula is C24H39IN4O2. The van der Waals surface area contributed by atoms with Crippen LogP contribution >= 0.6 is 24.0 Å². The van der Waals surface area contributed by atoms with E-state index in [9.17, 15) is 4.79 Å². The number of nitrogens with one attached hydrogen (secondary N) is 2. The van der Waals surface area contributed by atoms with Gasteiger partial charge in [-0.15, -0.1) is 24.0 Å². The summed E-state index contributed by atoms with van der Waals surface area (Å²) in [6, 6.07) is 8.43. The lowest BCUT2D eigenvalue weighted by Crippen LogP contribution is -2.39. The zero-order valence-corrected chi connectivity index (χ0v) is 21.2. The number of rotatable bonds is 9. The van der Waals surface area contributed by atoms with Crippen molar-refractivity contribution in [2.75, 3.05) is 33.3 Å². The molecule has 7 heteroatoms. The van der Waals surface area contributed by atoms with Gasteiger partial charge in [0, 0.05) is 46.3 Å². The molecule has 0 aromatic heterocycles. The SMILES string of the molecule is CN=C(NCCCOC1CCCCC1)NCCCC(=O)N1CCc2ccccc2C1.I. The minimum Gasteiger partial charge on any atom is -0.378 e. The number of carbonyl (C=O) groups is 1. The molecule has 3 rings (SSSR count). The smallest absolute Gasteiger partial charge is 0.222 e. The lowest BCUT2D eigenvalue weighted by Gasteiger charge is -2.29. The summed E-state index contributed by atoms with van der Waals surface area (Å²) in [6.45, 7) is 3.97. The van der Waals surface area contributed by atoms with Crippen LogP contribution in [-0.2, 0) is 22.5 Å². The predicted octanol–water partition coefficient (Wildman–Crippen LogP) is 3.87. The quantitative estimate of drug-likeness (QED) is 0.215. The second-order valence-corrected chi connectivity index (χ2v) is 8.35. The van der Waals surface area contributed by atoms with E-state index < -0.39 is 0 Å². The Morgan fingerprint density at radius 2 is 1.81 bits per heavy atom. The number of fused-ring (bicyclic) bond motifs is 1. The Bertz CT molecular complexity index is 692. The average Bonchev–Trinajstić information content (AvgIpc) is 2.80. The van der Waals surface area contributed by atoms with E-state index in [0.29, 0.717) is 12.5 Å². The molecule has 1 aliphatic carbocycles. The third-order valence-corrected chi connectivity index (χ3v) is 6.09. The number of aliphatic imine (C=N–C) groups is 1. The summed E-state index contributed by atoms with van der Waals surface area (Å²) in [5.74, 6) is 1.04. The highest BCUT2D eigenvalue weighted by Crippen LogP contribution is 2.20. The fraction of sp³-hybridized carbons (Fsp3) is 0.667. The number of hydrogen-bond acceptors (Lipinski definition) is 3. The third-order valence-electron chi connectivity index (χ3n) is 6.09. The topological polar surface area (TPSA) is 66.0 Å². The molecule has 1 amide bonds. The van der Waals surface area contributed by atoms with Crippen LogP contribution in [0.1, 0.15) is 62.5 Å². The summed E-state index contributed by atoms with van der Waals surface area (Å²) >= 11 is 0. The van der Waals surface area contributed by atoms with Crippen molar-refractivity contribution in [1.29, 1.82) is 0 Å². The maximum Gasteiger partial charge on any atom is 0.222 e. The van der Waals surface area contributed by atoms with E-state index in [1.165, 1.54) is 43.2 Å². The normalized spacial score (nSPS) is 16.9. The Morgan fingerprint density at radius 3 is 2.55 bits per heavy atom. The van der Waals surface area contributed by atoms with Crippen LogP contribution in [0.5, 0.6) is 0 Å². The maximum absolute atomic E-state index is 12.5. The molecule has 0 unspecified atom stereocenters. The molecule has 2 N–H and O–H groups in total. The fourth-order valence-corrected chi connectivity index (χ4v) is 4.29. The average molecular weight is 543 g/mol. The first kappa shape index (κ1) is 25.9. The lowest BCUT2D eigenvalue weighted by atomic mass is 9.98. The zero-order valence-electron chi connectivity index (χ0n) is 18.9. The molecule has 1 saturated carbocycles. The second-order valence-electron chi connectivity index (χ2n) is 8.35. The summed E-state index contributed by atoms with van der Waals surface area (Å²) in [5.41, 5.74) is 2.66. The van der Waals surface area contributed by atoms with E-state index in [4.69, 9.17) is 4.74 Å². The number of benzene rings is 1. The van der Waals surface area contributed by atoms with Crippen molar-refractivity contribution >= 4 is 35.8 Å². The van der Waals surface area contributed by atoms with Gasteiger partial charge in [0.15, 0.2) is 5.96 Å². The van der Waals surface area contributed by atoms with Crippen LogP contribution in [0.15, 0.2) is 29.3 Å². The van der Waals surface area contributed by atoms with Crippen molar-refractivity contribution in [2.24, 2.45) is 4.99 Å². The van der Waals surface area contributed by atoms with Gasteiger partial charge in [-0.25, -0.2) is 0 Å². The van der Waals surface area contributed by atoms with Crippen LogP contribution in [0, 0.1) is 0 Å². The molecule has 174 valence electrons. The van der Waals surface area contributed by atoms with Gasteiger partial charge < -0.3 is 20.3 Å². The summed E-state index contributed by atoms with van der Waals surface area (Å²) in [6.07, 6.45) is 10.2. The number of nitrogens with zero attached hydrogens (tertiary/aromatic N) is 2. The van der Waals surface area contributed by atoms with Crippen molar-refractivity contribution in [2.45, 2.75) is 70.4 Å². The minimum absolute atomic E-state index is 0. The minimum atomic E-state index is 0.